The van der Waals surface area contributed by atoms with Crippen LogP contribution in [0.1, 0.15) is 50.8 Å². The van der Waals surface area contributed by atoms with Crippen LogP contribution in [0.15, 0.2) is 41.5 Å². The largest absolute Gasteiger partial charge is 0.491 e. The second kappa shape index (κ2) is 8.37. The van der Waals surface area contributed by atoms with Gasteiger partial charge in [0.2, 0.25) is 5.91 Å². The number of nitrogens with zero attached hydrogens (tertiary/aromatic N) is 1. The van der Waals surface area contributed by atoms with Crippen LogP contribution >= 0.6 is 0 Å². The standard InChI is InChI=1S/C21H27N3O3/c1-15(2)27-18-7-5-16(6-8-18)21(10-3-4-11-21)20(26)22-12-9-17-13-19(25)24-14-23-17/h5-8,13-15H,3-4,9-12H2,1-2H3,(H,22,26)(H,23,24,25). The summed E-state index contributed by atoms with van der Waals surface area (Å²) in [7, 11) is 0. The third-order valence-corrected chi connectivity index (χ3v) is 5.07. The Hall–Kier alpha value is -2.63. The summed E-state index contributed by atoms with van der Waals surface area (Å²) in [5.41, 5.74) is 1.07. The topological polar surface area (TPSA) is 84.1 Å². The van der Waals surface area contributed by atoms with Gasteiger partial charge in [0, 0.05) is 24.7 Å². The lowest BCUT2D eigenvalue weighted by Crippen LogP contribution is -2.43. The van der Waals surface area contributed by atoms with Crippen molar-refractivity contribution in [1.29, 1.82) is 0 Å². The highest BCUT2D eigenvalue weighted by atomic mass is 16.5. The van der Waals surface area contributed by atoms with E-state index in [1.54, 1.807) is 0 Å². The number of hydrogen-bond acceptors (Lipinski definition) is 4. The van der Waals surface area contributed by atoms with Gasteiger partial charge < -0.3 is 15.0 Å². The molecule has 1 amide bonds. The average Bonchev–Trinajstić information content (AvgIpc) is 3.13. The molecule has 0 unspecified atom stereocenters. The van der Waals surface area contributed by atoms with Gasteiger partial charge in [-0.05, 0) is 44.4 Å². The van der Waals surface area contributed by atoms with Crippen LogP contribution in [0, 0.1) is 0 Å². The molecule has 2 aromatic rings. The molecule has 1 aliphatic carbocycles. The lowest BCUT2D eigenvalue weighted by atomic mass is 9.78. The van der Waals surface area contributed by atoms with Crippen LogP contribution < -0.4 is 15.6 Å². The molecule has 0 aliphatic heterocycles. The first kappa shape index (κ1) is 19.1. The maximum absolute atomic E-state index is 13.1. The van der Waals surface area contributed by atoms with Crippen LogP contribution in [0.5, 0.6) is 5.75 Å². The third kappa shape index (κ3) is 4.56. The van der Waals surface area contributed by atoms with Crippen molar-refractivity contribution in [3.63, 3.8) is 0 Å². The van der Waals surface area contributed by atoms with Crippen LogP contribution in [-0.4, -0.2) is 28.5 Å². The highest BCUT2D eigenvalue weighted by Gasteiger charge is 2.42. The number of nitrogens with one attached hydrogen (secondary N) is 2. The highest BCUT2D eigenvalue weighted by Crippen LogP contribution is 2.41. The number of H-pyrrole nitrogens is 1. The summed E-state index contributed by atoms with van der Waals surface area (Å²) in [6.07, 6.45) is 5.85. The van der Waals surface area contributed by atoms with E-state index in [-0.39, 0.29) is 17.6 Å². The van der Waals surface area contributed by atoms with Crippen molar-refractivity contribution < 1.29 is 9.53 Å². The molecule has 2 N–H and O–H groups in total. The summed E-state index contributed by atoms with van der Waals surface area (Å²) in [4.78, 5) is 31.0. The van der Waals surface area contributed by atoms with Crippen LogP contribution in [-0.2, 0) is 16.6 Å². The molecule has 1 aromatic carbocycles. The molecule has 1 aromatic heterocycles. The monoisotopic (exact) mass is 369 g/mol. The first-order valence-corrected chi connectivity index (χ1v) is 9.59. The Labute approximate surface area is 159 Å². The van der Waals surface area contributed by atoms with Crippen LogP contribution in [0.25, 0.3) is 0 Å². The van der Waals surface area contributed by atoms with Gasteiger partial charge in [0.1, 0.15) is 5.75 Å². The fourth-order valence-corrected chi connectivity index (χ4v) is 3.77. The maximum atomic E-state index is 13.1. The number of amides is 1. The summed E-state index contributed by atoms with van der Waals surface area (Å²) in [6.45, 7) is 4.45. The zero-order chi connectivity index (χ0) is 19.3. The van der Waals surface area contributed by atoms with Gasteiger partial charge in [0.05, 0.1) is 17.8 Å². The second-order valence-electron chi connectivity index (χ2n) is 7.39. The quantitative estimate of drug-likeness (QED) is 0.786. The van der Waals surface area contributed by atoms with Gasteiger partial charge in [0.15, 0.2) is 0 Å². The third-order valence-electron chi connectivity index (χ3n) is 5.07. The van der Waals surface area contributed by atoms with E-state index in [1.807, 2.05) is 38.1 Å². The van der Waals surface area contributed by atoms with Gasteiger partial charge in [-0.25, -0.2) is 4.98 Å². The number of ether oxygens (including phenoxy) is 1. The van der Waals surface area contributed by atoms with E-state index >= 15 is 0 Å². The molecule has 0 bridgehead atoms. The van der Waals surface area contributed by atoms with E-state index in [0.29, 0.717) is 18.7 Å². The molecule has 1 aliphatic rings. The van der Waals surface area contributed by atoms with E-state index < -0.39 is 5.41 Å². The van der Waals surface area contributed by atoms with Gasteiger partial charge in [-0.2, -0.15) is 0 Å². The zero-order valence-electron chi connectivity index (χ0n) is 16.0. The summed E-state index contributed by atoms with van der Waals surface area (Å²) >= 11 is 0. The van der Waals surface area contributed by atoms with Gasteiger partial charge in [-0.3, -0.25) is 9.59 Å². The first-order chi connectivity index (χ1) is 13.0. The van der Waals surface area contributed by atoms with Crippen LogP contribution in [0.3, 0.4) is 0 Å². The molecule has 6 heteroatoms. The first-order valence-electron chi connectivity index (χ1n) is 9.59. The van der Waals surface area contributed by atoms with E-state index in [4.69, 9.17) is 4.74 Å². The Morgan fingerprint density at radius 1 is 1.26 bits per heavy atom. The van der Waals surface area contributed by atoms with E-state index in [1.165, 1.54) is 12.4 Å². The van der Waals surface area contributed by atoms with Gasteiger partial charge in [-0.15, -0.1) is 0 Å². The average molecular weight is 369 g/mol. The molecule has 6 nitrogen and oxygen atoms in total. The smallest absolute Gasteiger partial charge is 0.250 e. The molecular weight excluding hydrogens is 342 g/mol. The number of benzene rings is 1. The molecule has 1 fully saturated rings. The van der Waals surface area contributed by atoms with Crippen molar-refractivity contribution in [3.05, 3.63) is 58.3 Å². The summed E-state index contributed by atoms with van der Waals surface area (Å²) < 4.78 is 5.71. The molecule has 27 heavy (non-hydrogen) atoms. The van der Waals surface area contributed by atoms with Crippen molar-refractivity contribution in [2.75, 3.05) is 6.54 Å². The lowest BCUT2D eigenvalue weighted by molar-refractivity contribution is -0.126. The molecular formula is C21H27N3O3. The minimum absolute atomic E-state index is 0.0577. The molecule has 0 atom stereocenters. The highest BCUT2D eigenvalue weighted by molar-refractivity contribution is 5.88. The van der Waals surface area contributed by atoms with E-state index in [2.05, 4.69) is 15.3 Å². The molecule has 144 valence electrons. The summed E-state index contributed by atoms with van der Waals surface area (Å²) in [5.74, 6) is 0.880. The normalized spacial score (nSPS) is 15.7. The molecule has 3 rings (SSSR count). The number of carbonyl (C=O) groups is 1. The minimum Gasteiger partial charge on any atom is -0.491 e. The van der Waals surface area contributed by atoms with Crippen molar-refractivity contribution in [1.82, 2.24) is 15.3 Å². The Bertz CT molecular complexity index is 821. The fraction of sp³-hybridized carbons (Fsp3) is 0.476. The van der Waals surface area contributed by atoms with Gasteiger partial charge in [-0.1, -0.05) is 25.0 Å². The van der Waals surface area contributed by atoms with Crippen molar-refractivity contribution in [3.8, 4) is 5.75 Å². The van der Waals surface area contributed by atoms with Gasteiger partial charge >= 0.3 is 0 Å². The molecule has 0 spiro atoms. The van der Waals surface area contributed by atoms with Gasteiger partial charge in [0.25, 0.3) is 5.56 Å². The predicted octanol–water partition coefficient (Wildman–Crippen LogP) is 2.73. The maximum Gasteiger partial charge on any atom is 0.250 e. The van der Waals surface area contributed by atoms with Crippen LogP contribution in [0.4, 0.5) is 0 Å². The molecule has 1 heterocycles. The summed E-state index contributed by atoms with van der Waals surface area (Å²) in [6, 6.07) is 9.39. The minimum atomic E-state index is -0.474. The van der Waals surface area contributed by atoms with Crippen molar-refractivity contribution in [2.45, 2.75) is 57.5 Å². The van der Waals surface area contributed by atoms with Crippen LogP contribution in [0.2, 0.25) is 0 Å². The number of aromatic nitrogens is 2. The SMILES string of the molecule is CC(C)Oc1ccc(C2(C(=O)NCCc3cc(=O)[nH]cn3)CCCC2)cc1. The molecule has 1 saturated carbocycles. The van der Waals surface area contributed by atoms with Crippen molar-refractivity contribution in [2.24, 2.45) is 0 Å². The van der Waals surface area contributed by atoms with E-state index in [9.17, 15) is 9.59 Å². The Balaban J connectivity index is 1.68. The molecule has 0 saturated heterocycles. The number of carbonyl (C=O) groups excluding carboxylic acids is 1. The second-order valence-corrected chi connectivity index (χ2v) is 7.39. The Morgan fingerprint density at radius 3 is 2.59 bits per heavy atom. The molecule has 0 radical (unpaired) electrons. The summed E-state index contributed by atoms with van der Waals surface area (Å²) in [5, 5.41) is 3.06. The number of hydrogen-bond donors (Lipinski definition) is 2. The number of rotatable bonds is 7. The number of aromatic amines is 1. The zero-order valence-corrected chi connectivity index (χ0v) is 16.0. The lowest BCUT2D eigenvalue weighted by Gasteiger charge is -2.28. The Morgan fingerprint density at radius 2 is 1.96 bits per heavy atom. The predicted molar refractivity (Wildman–Crippen MR) is 104 cm³/mol. The Kier molecular flexibility index (Phi) is 5.94. The van der Waals surface area contributed by atoms with E-state index in [0.717, 1.165) is 37.0 Å². The fourth-order valence-electron chi connectivity index (χ4n) is 3.77. The van der Waals surface area contributed by atoms with Crippen molar-refractivity contribution >= 4 is 5.91 Å².